The van der Waals surface area contributed by atoms with E-state index in [-0.39, 0.29) is 30.4 Å². The second kappa shape index (κ2) is 9.64. The van der Waals surface area contributed by atoms with E-state index < -0.39 is 0 Å². The van der Waals surface area contributed by atoms with Crippen LogP contribution in [0.5, 0.6) is 0 Å². The molecule has 0 saturated heterocycles. The number of hydrogen-bond donors (Lipinski definition) is 2. The van der Waals surface area contributed by atoms with Gasteiger partial charge >= 0.3 is 0 Å². The lowest BCUT2D eigenvalue weighted by molar-refractivity contribution is -0.123. The van der Waals surface area contributed by atoms with Crippen LogP contribution in [0.15, 0.2) is 48.8 Å². The van der Waals surface area contributed by atoms with Crippen molar-refractivity contribution in [3.05, 3.63) is 59.4 Å². The molecule has 0 radical (unpaired) electrons. The minimum Gasteiger partial charge on any atom is -0.394 e. The first-order valence-corrected chi connectivity index (χ1v) is 9.17. The van der Waals surface area contributed by atoms with E-state index in [1.807, 2.05) is 55.7 Å². The lowest BCUT2D eigenvalue weighted by Gasteiger charge is -2.24. The number of benzene rings is 1. The molecule has 4 nitrogen and oxygen atoms in total. The molecule has 0 aliphatic rings. The summed E-state index contributed by atoms with van der Waals surface area (Å²) in [5.74, 6) is 0.250. The number of aliphatic hydroxyl groups is 1. The van der Waals surface area contributed by atoms with Crippen molar-refractivity contribution < 1.29 is 9.90 Å². The number of halogens is 1. The maximum Gasteiger partial charge on any atom is 0.220 e. The first-order valence-electron chi connectivity index (χ1n) is 8.80. The molecule has 1 heterocycles. The molecule has 136 valence electrons. The van der Waals surface area contributed by atoms with Crippen molar-refractivity contribution in [3.8, 4) is 0 Å². The van der Waals surface area contributed by atoms with Gasteiger partial charge in [0.25, 0.3) is 0 Å². The smallest absolute Gasteiger partial charge is 0.220 e. The highest BCUT2D eigenvalue weighted by Gasteiger charge is 2.21. The van der Waals surface area contributed by atoms with Crippen LogP contribution in [0.2, 0.25) is 5.02 Å². The molecule has 0 spiro atoms. The number of nitrogens with zero attached hydrogens (tertiary/aromatic N) is 1. The third-order valence-corrected chi connectivity index (χ3v) is 5.00. The molecule has 3 atom stereocenters. The van der Waals surface area contributed by atoms with Crippen molar-refractivity contribution in [3.63, 3.8) is 0 Å². The molecule has 0 aliphatic heterocycles. The topological polar surface area (TPSA) is 54.3 Å². The van der Waals surface area contributed by atoms with Crippen LogP contribution in [0.1, 0.15) is 38.2 Å². The van der Waals surface area contributed by atoms with E-state index in [0.29, 0.717) is 11.4 Å². The van der Waals surface area contributed by atoms with Gasteiger partial charge in [-0.05, 0) is 35.7 Å². The van der Waals surface area contributed by atoms with Crippen LogP contribution in [0.25, 0.3) is 0 Å². The standard InChI is InChI=1S/C20H27ClN2O2/c1-3-15(2)19(14-24)22-20(25)12-17(13-23-10-4-5-11-23)16-6-8-18(21)9-7-16/h4-11,15,17,19,24H,3,12-14H2,1-2H3,(H,22,25). The molecule has 0 aliphatic carbocycles. The highest BCUT2D eigenvalue weighted by Crippen LogP contribution is 2.24. The number of hydrogen-bond acceptors (Lipinski definition) is 2. The minimum absolute atomic E-state index is 0.0357. The number of rotatable bonds is 9. The lowest BCUT2D eigenvalue weighted by atomic mass is 9.94. The summed E-state index contributed by atoms with van der Waals surface area (Å²) in [6, 6.07) is 11.4. The summed E-state index contributed by atoms with van der Waals surface area (Å²) >= 11 is 5.99. The number of amides is 1. The predicted molar refractivity (Wildman–Crippen MR) is 102 cm³/mol. The summed E-state index contributed by atoms with van der Waals surface area (Å²) in [5, 5.41) is 13.2. The summed E-state index contributed by atoms with van der Waals surface area (Å²) in [6.07, 6.45) is 5.27. The zero-order chi connectivity index (χ0) is 18.2. The molecule has 0 bridgehead atoms. The maximum atomic E-state index is 12.6. The Bertz CT molecular complexity index is 640. The van der Waals surface area contributed by atoms with Crippen LogP contribution in [0.4, 0.5) is 0 Å². The van der Waals surface area contributed by atoms with E-state index >= 15 is 0 Å². The molecule has 5 heteroatoms. The molecular formula is C20H27ClN2O2. The van der Waals surface area contributed by atoms with Gasteiger partial charge < -0.3 is 15.0 Å². The molecule has 2 N–H and O–H groups in total. The Balaban J connectivity index is 2.09. The van der Waals surface area contributed by atoms with Crippen molar-refractivity contribution in [1.82, 2.24) is 9.88 Å². The molecular weight excluding hydrogens is 336 g/mol. The average molecular weight is 363 g/mol. The fraction of sp³-hybridized carbons (Fsp3) is 0.450. The Kier molecular flexibility index (Phi) is 7.53. The van der Waals surface area contributed by atoms with Gasteiger partial charge in [-0.25, -0.2) is 0 Å². The number of aromatic nitrogens is 1. The monoisotopic (exact) mass is 362 g/mol. The van der Waals surface area contributed by atoms with Gasteiger partial charge in [-0.15, -0.1) is 0 Å². The molecule has 1 amide bonds. The fourth-order valence-electron chi connectivity index (χ4n) is 2.91. The largest absolute Gasteiger partial charge is 0.394 e. The summed E-state index contributed by atoms with van der Waals surface area (Å²) < 4.78 is 2.07. The number of aliphatic hydroxyl groups excluding tert-OH is 1. The Labute approximate surface area is 154 Å². The van der Waals surface area contributed by atoms with Gasteiger partial charge in [-0.3, -0.25) is 4.79 Å². The Hall–Kier alpha value is -1.78. The summed E-state index contributed by atoms with van der Waals surface area (Å²) in [6.45, 7) is 4.78. The Morgan fingerprint density at radius 3 is 2.44 bits per heavy atom. The molecule has 1 aromatic carbocycles. The number of nitrogens with one attached hydrogen (secondary N) is 1. The number of carbonyl (C=O) groups excluding carboxylic acids is 1. The van der Waals surface area contributed by atoms with Crippen LogP contribution < -0.4 is 5.32 Å². The normalized spacial score (nSPS) is 14.7. The highest BCUT2D eigenvalue weighted by molar-refractivity contribution is 6.30. The van der Waals surface area contributed by atoms with Crippen molar-refractivity contribution >= 4 is 17.5 Å². The zero-order valence-electron chi connectivity index (χ0n) is 14.9. The van der Waals surface area contributed by atoms with E-state index in [4.69, 9.17) is 11.6 Å². The highest BCUT2D eigenvalue weighted by atomic mass is 35.5. The maximum absolute atomic E-state index is 12.6. The van der Waals surface area contributed by atoms with E-state index in [2.05, 4.69) is 16.8 Å². The molecule has 2 rings (SSSR count). The van der Waals surface area contributed by atoms with Gasteiger partial charge in [0, 0.05) is 36.3 Å². The Morgan fingerprint density at radius 1 is 1.24 bits per heavy atom. The van der Waals surface area contributed by atoms with Crippen LogP contribution >= 0.6 is 11.6 Å². The van der Waals surface area contributed by atoms with Crippen molar-refractivity contribution in [2.24, 2.45) is 5.92 Å². The van der Waals surface area contributed by atoms with Crippen LogP contribution in [-0.4, -0.2) is 28.2 Å². The first kappa shape index (κ1) is 19.5. The van der Waals surface area contributed by atoms with Gasteiger partial charge in [-0.2, -0.15) is 0 Å². The van der Waals surface area contributed by atoms with Crippen LogP contribution in [0, 0.1) is 5.92 Å². The van der Waals surface area contributed by atoms with Gasteiger partial charge in [0.05, 0.1) is 12.6 Å². The van der Waals surface area contributed by atoms with Gasteiger partial charge in [0.2, 0.25) is 5.91 Å². The van der Waals surface area contributed by atoms with Gasteiger partial charge in [-0.1, -0.05) is 44.0 Å². The molecule has 25 heavy (non-hydrogen) atoms. The van der Waals surface area contributed by atoms with Crippen LogP contribution in [0.3, 0.4) is 0 Å². The third-order valence-electron chi connectivity index (χ3n) is 4.74. The van der Waals surface area contributed by atoms with Crippen molar-refractivity contribution in [2.45, 2.75) is 45.2 Å². The number of carbonyl (C=O) groups is 1. The van der Waals surface area contributed by atoms with Crippen molar-refractivity contribution in [1.29, 1.82) is 0 Å². The Morgan fingerprint density at radius 2 is 1.88 bits per heavy atom. The van der Waals surface area contributed by atoms with Crippen molar-refractivity contribution in [2.75, 3.05) is 6.61 Å². The van der Waals surface area contributed by atoms with E-state index in [0.717, 1.165) is 18.5 Å². The summed E-state index contributed by atoms with van der Waals surface area (Å²) in [4.78, 5) is 12.6. The quantitative estimate of drug-likeness (QED) is 0.712. The molecule has 2 aromatic rings. The molecule has 0 fully saturated rings. The van der Waals surface area contributed by atoms with Gasteiger partial charge in [0.15, 0.2) is 0 Å². The fourth-order valence-corrected chi connectivity index (χ4v) is 3.04. The van der Waals surface area contributed by atoms with Gasteiger partial charge in [0.1, 0.15) is 0 Å². The zero-order valence-corrected chi connectivity index (χ0v) is 15.6. The third kappa shape index (κ3) is 5.91. The van der Waals surface area contributed by atoms with E-state index in [1.54, 1.807) is 0 Å². The molecule has 1 aromatic heterocycles. The summed E-state index contributed by atoms with van der Waals surface area (Å²) in [5.41, 5.74) is 1.08. The second-order valence-electron chi connectivity index (χ2n) is 6.57. The van der Waals surface area contributed by atoms with Crippen LogP contribution in [-0.2, 0) is 11.3 Å². The van der Waals surface area contributed by atoms with E-state index in [1.165, 1.54) is 0 Å². The second-order valence-corrected chi connectivity index (χ2v) is 7.01. The lowest BCUT2D eigenvalue weighted by Crippen LogP contribution is -2.42. The average Bonchev–Trinajstić information content (AvgIpc) is 3.12. The van der Waals surface area contributed by atoms with E-state index in [9.17, 15) is 9.90 Å². The predicted octanol–water partition coefficient (Wildman–Crippen LogP) is 3.84. The molecule has 0 saturated carbocycles. The first-order chi connectivity index (χ1) is 12.0. The molecule has 3 unspecified atom stereocenters. The SMILES string of the molecule is CCC(C)C(CO)NC(=O)CC(Cn1cccc1)c1ccc(Cl)cc1. The minimum atomic E-state index is -0.199. The summed E-state index contributed by atoms with van der Waals surface area (Å²) in [7, 11) is 0.